The molecule has 0 aliphatic carbocycles. The van der Waals surface area contributed by atoms with E-state index in [0.29, 0.717) is 0 Å². The first-order valence-corrected chi connectivity index (χ1v) is 7.29. The van der Waals surface area contributed by atoms with Crippen LogP contribution in [0.1, 0.15) is 0 Å². The fraction of sp³-hybridized carbons (Fsp3) is 0. The van der Waals surface area contributed by atoms with Gasteiger partial charge in [0.05, 0.1) is 0 Å². The quantitative estimate of drug-likeness (QED) is 0.125. The standard InChI is InChI=1S/Ca.H2O5S2.2H2O3S.2H/c;1-6(2)7(3,4)5;2*1-4(2)3;;/h;(H,1,2)(H,3,4,5);2*(H2,1,2,3);;. The van der Waals surface area contributed by atoms with Crippen molar-refractivity contribution in [1.29, 1.82) is 0 Å². The summed E-state index contributed by atoms with van der Waals surface area (Å²) in [5.41, 5.74) is 0. The average molecular weight is 352 g/mol. The zero-order chi connectivity index (χ0) is 13.2. The molecule has 100 valence electrons. The second-order valence-electron chi connectivity index (χ2n) is 1.11. The summed E-state index contributed by atoms with van der Waals surface area (Å²) in [7, 11) is -7.87. The van der Waals surface area contributed by atoms with Crippen LogP contribution in [0.3, 0.4) is 0 Å². The van der Waals surface area contributed by atoms with E-state index in [-0.39, 0.29) is 37.7 Å². The summed E-state index contributed by atoms with van der Waals surface area (Å²) in [6, 6.07) is 0. The molecular formula is H8CaO11S4. The van der Waals surface area contributed by atoms with E-state index >= 15 is 0 Å². The summed E-state index contributed by atoms with van der Waals surface area (Å²) in [5.74, 6) is 0. The number of hydrogen-bond acceptors (Lipinski definition) is 5. The van der Waals surface area contributed by atoms with Gasteiger partial charge in [-0.2, -0.15) is 16.8 Å². The Labute approximate surface area is 127 Å². The molecule has 16 heavy (non-hydrogen) atoms. The molecule has 16 heteroatoms. The molecule has 0 spiro atoms. The van der Waals surface area contributed by atoms with Crippen molar-refractivity contribution in [3.63, 3.8) is 0 Å². The Balaban J connectivity index is -0.0000000700. The third-order valence-electron chi connectivity index (χ3n) is 0.180. The molecule has 6 N–H and O–H groups in total. The van der Waals surface area contributed by atoms with Crippen LogP contribution in [0.25, 0.3) is 0 Å². The molecule has 0 heterocycles. The summed E-state index contributed by atoms with van der Waals surface area (Å²) in [6.07, 6.45) is 0. The van der Waals surface area contributed by atoms with Gasteiger partial charge in [-0.25, -0.2) is 4.21 Å². The van der Waals surface area contributed by atoms with E-state index in [2.05, 4.69) is 0 Å². The molecule has 1 atom stereocenters. The van der Waals surface area contributed by atoms with Crippen LogP contribution in [-0.2, 0) is 42.0 Å². The second-order valence-corrected chi connectivity index (χ2v) is 5.44. The van der Waals surface area contributed by atoms with E-state index in [1.807, 2.05) is 0 Å². The van der Waals surface area contributed by atoms with Gasteiger partial charge in [-0.15, -0.1) is 0 Å². The van der Waals surface area contributed by atoms with Crippen LogP contribution in [0.4, 0.5) is 0 Å². The molecule has 0 aromatic carbocycles. The molecule has 1 unspecified atom stereocenters. The Morgan fingerprint density at radius 1 is 0.750 bits per heavy atom. The molecule has 0 saturated heterocycles. The minimum atomic E-state index is -4.71. The number of rotatable bonds is 1. The molecular weight excluding hydrogens is 344 g/mol. The molecule has 0 aliphatic rings. The van der Waals surface area contributed by atoms with Crippen LogP contribution in [0.5, 0.6) is 0 Å². The normalized spacial score (nSPS) is 11.5. The van der Waals surface area contributed by atoms with Gasteiger partial charge in [-0.1, -0.05) is 0 Å². The zero-order valence-electron chi connectivity index (χ0n) is 6.36. The predicted molar refractivity (Wildman–Crippen MR) is 57.7 cm³/mol. The van der Waals surface area contributed by atoms with Crippen LogP contribution in [0, 0.1) is 0 Å². The Kier molecular flexibility index (Phi) is 23.6. The van der Waals surface area contributed by atoms with Crippen molar-refractivity contribution in [3.05, 3.63) is 0 Å². The monoisotopic (exact) mass is 352 g/mol. The average Bonchev–Trinajstić information content (AvgIpc) is 1.80. The van der Waals surface area contributed by atoms with Crippen molar-refractivity contribution in [1.82, 2.24) is 0 Å². The third-order valence-corrected chi connectivity index (χ3v) is 1.62. The van der Waals surface area contributed by atoms with E-state index in [0.717, 1.165) is 0 Å². The van der Waals surface area contributed by atoms with E-state index in [4.69, 9.17) is 35.7 Å². The summed E-state index contributed by atoms with van der Waals surface area (Å²) < 4.78 is 88.7. The molecule has 0 amide bonds. The SMILES string of the molecule is O=S(O)O.O=S(O)O.O=S(O)S(=O)(=O)O.[CaH2]. The summed E-state index contributed by atoms with van der Waals surface area (Å²) in [6.45, 7) is 0. The Morgan fingerprint density at radius 2 is 0.812 bits per heavy atom. The second kappa shape index (κ2) is 14.5. The van der Waals surface area contributed by atoms with Crippen LogP contribution < -0.4 is 0 Å². The molecule has 0 radical (unpaired) electrons. The van der Waals surface area contributed by atoms with Gasteiger partial charge in [-0.05, 0) is 0 Å². The zero-order valence-corrected chi connectivity index (χ0v) is 9.62. The molecule has 0 aliphatic heterocycles. The molecule has 0 bridgehead atoms. The van der Waals surface area contributed by atoms with Gasteiger partial charge >= 0.3 is 57.0 Å². The van der Waals surface area contributed by atoms with Crippen molar-refractivity contribution < 1.29 is 48.4 Å². The van der Waals surface area contributed by atoms with Crippen LogP contribution in [0.15, 0.2) is 0 Å². The van der Waals surface area contributed by atoms with E-state index in [1.165, 1.54) is 0 Å². The topological polar surface area (TPSA) is 207 Å². The van der Waals surface area contributed by atoms with Crippen molar-refractivity contribution in [2.45, 2.75) is 0 Å². The van der Waals surface area contributed by atoms with Crippen LogP contribution in [0.2, 0.25) is 0 Å². The molecule has 0 saturated carbocycles. The van der Waals surface area contributed by atoms with Crippen molar-refractivity contribution >= 4 is 79.7 Å². The summed E-state index contributed by atoms with van der Waals surface area (Å²) in [5, 5.41) is 0. The van der Waals surface area contributed by atoms with Crippen LogP contribution >= 0.6 is 0 Å². The fourth-order valence-corrected chi connectivity index (χ4v) is 0. The Hall–Kier alpha value is 1.42. The van der Waals surface area contributed by atoms with E-state index in [1.54, 1.807) is 0 Å². The maximum absolute atomic E-state index is 9.34. The first-order valence-electron chi connectivity index (χ1n) is 2.10. The molecule has 0 aromatic heterocycles. The first kappa shape index (κ1) is 26.1. The van der Waals surface area contributed by atoms with E-state index in [9.17, 15) is 12.6 Å². The van der Waals surface area contributed by atoms with Gasteiger partial charge in [-0.3, -0.25) is 27.3 Å². The Bertz CT molecular complexity index is 293. The molecule has 0 aromatic rings. The summed E-state index contributed by atoms with van der Waals surface area (Å²) >= 11 is -5.22. The maximum atomic E-state index is 9.34. The third kappa shape index (κ3) is 58.2. The fourth-order valence-electron chi connectivity index (χ4n) is 0. The van der Waals surface area contributed by atoms with Gasteiger partial charge < -0.3 is 0 Å². The van der Waals surface area contributed by atoms with Crippen molar-refractivity contribution in [2.24, 2.45) is 0 Å². The van der Waals surface area contributed by atoms with Gasteiger partial charge in [0.1, 0.15) is 0 Å². The molecule has 0 fully saturated rings. The van der Waals surface area contributed by atoms with E-state index < -0.39 is 42.0 Å². The predicted octanol–water partition coefficient (Wildman–Crippen LogP) is -2.54. The minimum absolute atomic E-state index is 0. The van der Waals surface area contributed by atoms with Gasteiger partial charge in [0, 0.05) is 0 Å². The van der Waals surface area contributed by atoms with Crippen molar-refractivity contribution in [3.8, 4) is 0 Å². The molecule has 11 nitrogen and oxygen atoms in total. The molecule has 0 rings (SSSR count). The van der Waals surface area contributed by atoms with Crippen molar-refractivity contribution in [2.75, 3.05) is 0 Å². The van der Waals surface area contributed by atoms with Gasteiger partial charge in [0.15, 0.2) is 0 Å². The Morgan fingerprint density at radius 3 is 0.812 bits per heavy atom. The van der Waals surface area contributed by atoms with Crippen LogP contribution in [-0.4, -0.2) is 86.1 Å². The van der Waals surface area contributed by atoms with Gasteiger partial charge in [0.2, 0.25) is 0 Å². The summed E-state index contributed by atoms with van der Waals surface area (Å²) in [4.78, 5) is 0. The first-order chi connectivity index (χ1) is 6.41. The van der Waals surface area contributed by atoms with Gasteiger partial charge in [0.25, 0.3) is 22.7 Å². The number of hydrogen-bond donors (Lipinski definition) is 6.